The number of carbonyl (C=O) groups is 1. The predicted molar refractivity (Wildman–Crippen MR) is 84.5 cm³/mol. The van der Waals surface area contributed by atoms with Gasteiger partial charge in [-0.05, 0) is 37.0 Å². The summed E-state index contributed by atoms with van der Waals surface area (Å²) >= 11 is 6.04. The number of benzene rings is 1. The van der Waals surface area contributed by atoms with Crippen LogP contribution in [0.15, 0.2) is 40.8 Å². The van der Waals surface area contributed by atoms with Gasteiger partial charge in [0.1, 0.15) is 5.75 Å². The van der Waals surface area contributed by atoms with Crippen LogP contribution in [-0.4, -0.2) is 23.9 Å². The summed E-state index contributed by atoms with van der Waals surface area (Å²) in [5, 5.41) is 0.497. The molecule has 0 radical (unpaired) electrons. The predicted octanol–water partition coefficient (Wildman–Crippen LogP) is 4.60. The number of nitrogens with zero attached hydrogens (tertiary/aromatic N) is 1. The first-order chi connectivity index (χ1) is 10.6. The lowest BCUT2D eigenvalue weighted by Crippen LogP contribution is -2.38. The Hall–Kier alpha value is -1.94. The van der Waals surface area contributed by atoms with Gasteiger partial charge in [-0.15, -0.1) is 0 Å². The van der Waals surface area contributed by atoms with E-state index in [1.807, 2.05) is 17.0 Å². The van der Waals surface area contributed by atoms with Gasteiger partial charge in [0.15, 0.2) is 5.76 Å². The van der Waals surface area contributed by atoms with Crippen LogP contribution in [0.2, 0.25) is 5.02 Å². The van der Waals surface area contributed by atoms with Gasteiger partial charge >= 0.3 is 0 Å². The number of hydrogen-bond donors (Lipinski definition) is 0. The summed E-state index contributed by atoms with van der Waals surface area (Å²) in [4.78, 5) is 14.3. The van der Waals surface area contributed by atoms with Crippen molar-refractivity contribution in [1.82, 2.24) is 4.90 Å². The Morgan fingerprint density at radius 1 is 1.32 bits per heavy atom. The van der Waals surface area contributed by atoms with Crippen LogP contribution in [0.5, 0.6) is 11.7 Å². The van der Waals surface area contributed by atoms with E-state index in [9.17, 15) is 4.79 Å². The highest BCUT2D eigenvalue weighted by atomic mass is 35.5. The minimum Gasteiger partial charge on any atom is -0.424 e. The number of rotatable bonds is 3. The van der Waals surface area contributed by atoms with Crippen LogP contribution in [0.3, 0.4) is 0 Å². The summed E-state index contributed by atoms with van der Waals surface area (Å²) < 4.78 is 11.1. The van der Waals surface area contributed by atoms with Crippen molar-refractivity contribution >= 4 is 17.5 Å². The van der Waals surface area contributed by atoms with E-state index in [1.165, 1.54) is 6.42 Å². The second-order valence-electron chi connectivity index (χ2n) is 5.65. The third-order valence-corrected chi connectivity index (χ3v) is 4.10. The smallest absolute Gasteiger partial charge is 0.290 e. The topological polar surface area (TPSA) is 42.7 Å². The molecule has 1 aromatic carbocycles. The number of carbonyl (C=O) groups excluding carboxylic acids is 1. The highest BCUT2D eigenvalue weighted by Crippen LogP contribution is 2.30. The summed E-state index contributed by atoms with van der Waals surface area (Å²) in [5.74, 6) is 1.52. The molecule has 0 N–H and O–H groups in total. The lowest BCUT2D eigenvalue weighted by Gasteiger charge is -2.30. The Balaban J connectivity index is 1.71. The van der Waals surface area contributed by atoms with E-state index in [0.29, 0.717) is 22.5 Å². The Kier molecular flexibility index (Phi) is 4.39. The molecule has 0 spiro atoms. The van der Waals surface area contributed by atoms with E-state index in [-0.39, 0.29) is 11.9 Å². The van der Waals surface area contributed by atoms with Crippen LogP contribution in [0, 0.1) is 5.92 Å². The molecule has 1 saturated heterocycles. The largest absolute Gasteiger partial charge is 0.424 e. The standard InChI is InChI=1S/C17H18ClNO3/c1-12-5-4-10-19(11-12)17(20)15-8-9-16(22-15)21-14-7-3-2-6-13(14)18/h2-3,6-9,12H,4-5,10-11H2,1H3/t12-/m0/s1. The molecule has 1 aliphatic heterocycles. The van der Waals surface area contributed by atoms with Crippen molar-refractivity contribution in [1.29, 1.82) is 0 Å². The second kappa shape index (κ2) is 6.44. The molecule has 4 nitrogen and oxygen atoms in total. The van der Waals surface area contributed by atoms with Gasteiger partial charge in [0, 0.05) is 19.2 Å². The molecule has 116 valence electrons. The molecule has 1 aromatic heterocycles. The van der Waals surface area contributed by atoms with E-state index in [1.54, 1.807) is 24.3 Å². The first-order valence-corrected chi connectivity index (χ1v) is 7.83. The fourth-order valence-electron chi connectivity index (χ4n) is 2.66. The number of halogens is 1. The molecule has 1 amide bonds. The average molecular weight is 320 g/mol. The van der Waals surface area contributed by atoms with E-state index in [2.05, 4.69) is 6.92 Å². The van der Waals surface area contributed by atoms with Crippen molar-refractivity contribution in [3.8, 4) is 11.7 Å². The Morgan fingerprint density at radius 3 is 2.91 bits per heavy atom. The van der Waals surface area contributed by atoms with E-state index in [0.717, 1.165) is 19.5 Å². The maximum atomic E-state index is 12.4. The summed E-state index contributed by atoms with van der Waals surface area (Å²) in [7, 11) is 0. The van der Waals surface area contributed by atoms with Gasteiger partial charge in [0.25, 0.3) is 11.9 Å². The first-order valence-electron chi connectivity index (χ1n) is 7.45. The lowest BCUT2D eigenvalue weighted by molar-refractivity contribution is 0.0646. The number of ether oxygens (including phenoxy) is 1. The van der Waals surface area contributed by atoms with Gasteiger partial charge in [-0.1, -0.05) is 30.7 Å². The molecule has 2 heterocycles. The van der Waals surface area contributed by atoms with Crippen molar-refractivity contribution in [2.24, 2.45) is 5.92 Å². The normalized spacial score (nSPS) is 18.3. The number of likely N-dealkylation sites (tertiary alicyclic amines) is 1. The molecule has 1 aliphatic rings. The summed E-state index contributed by atoms with van der Waals surface area (Å²) in [6, 6.07) is 10.4. The Morgan fingerprint density at radius 2 is 2.14 bits per heavy atom. The van der Waals surface area contributed by atoms with Crippen LogP contribution in [0.1, 0.15) is 30.3 Å². The van der Waals surface area contributed by atoms with Gasteiger partial charge in [-0.25, -0.2) is 0 Å². The van der Waals surface area contributed by atoms with Crippen molar-refractivity contribution in [3.63, 3.8) is 0 Å². The molecule has 0 unspecified atom stereocenters. The molecule has 1 fully saturated rings. The minimum absolute atomic E-state index is 0.0828. The Bertz CT molecular complexity index is 667. The van der Waals surface area contributed by atoms with Crippen LogP contribution in [-0.2, 0) is 0 Å². The number of amides is 1. The average Bonchev–Trinajstić information content (AvgIpc) is 2.97. The van der Waals surface area contributed by atoms with Crippen molar-refractivity contribution < 1.29 is 13.9 Å². The van der Waals surface area contributed by atoms with Gasteiger partial charge in [-0.3, -0.25) is 4.79 Å². The van der Waals surface area contributed by atoms with E-state index < -0.39 is 0 Å². The second-order valence-corrected chi connectivity index (χ2v) is 6.06. The third kappa shape index (κ3) is 3.28. The number of furan rings is 1. The molecule has 5 heteroatoms. The number of piperidine rings is 1. The van der Waals surface area contributed by atoms with Crippen molar-refractivity contribution in [2.75, 3.05) is 13.1 Å². The fourth-order valence-corrected chi connectivity index (χ4v) is 2.83. The zero-order chi connectivity index (χ0) is 15.5. The summed E-state index contributed by atoms with van der Waals surface area (Å²) in [5.41, 5.74) is 0. The third-order valence-electron chi connectivity index (χ3n) is 3.78. The quantitative estimate of drug-likeness (QED) is 0.830. The van der Waals surface area contributed by atoms with Crippen molar-refractivity contribution in [2.45, 2.75) is 19.8 Å². The molecule has 0 aliphatic carbocycles. The van der Waals surface area contributed by atoms with Crippen molar-refractivity contribution in [3.05, 3.63) is 47.2 Å². The minimum atomic E-state index is -0.0828. The molecule has 0 bridgehead atoms. The van der Waals surface area contributed by atoms with Crippen LogP contribution >= 0.6 is 11.6 Å². The van der Waals surface area contributed by atoms with Gasteiger partial charge < -0.3 is 14.1 Å². The lowest BCUT2D eigenvalue weighted by atomic mass is 10.0. The van der Waals surface area contributed by atoms with Gasteiger partial charge in [0.05, 0.1) is 5.02 Å². The molecular weight excluding hydrogens is 302 g/mol. The molecule has 2 aromatic rings. The monoisotopic (exact) mass is 319 g/mol. The van der Waals surface area contributed by atoms with Gasteiger partial charge in [0.2, 0.25) is 0 Å². The zero-order valence-corrected chi connectivity index (χ0v) is 13.2. The van der Waals surface area contributed by atoms with E-state index in [4.69, 9.17) is 20.8 Å². The maximum Gasteiger partial charge on any atom is 0.290 e. The Labute approximate surface area is 134 Å². The van der Waals surface area contributed by atoms with Crippen LogP contribution < -0.4 is 4.74 Å². The summed E-state index contributed by atoms with van der Waals surface area (Å²) in [6.07, 6.45) is 2.21. The summed E-state index contributed by atoms with van der Waals surface area (Å²) in [6.45, 7) is 3.72. The van der Waals surface area contributed by atoms with Crippen LogP contribution in [0.25, 0.3) is 0 Å². The number of para-hydroxylation sites is 1. The number of hydrogen-bond acceptors (Lipinski definition) is 3. The molecule has 22 heavy (non-hydrogen) atoms. The first kappa shape index (κ1) is 15.0. The molecule has 0 saturated carbocycles. The fraction of sp³-hybridized carbons (Fsp3) is 0.353. The van der Waals surface area contributed by atoms with E-state index >= 15 is 0 Å². The molecule has 1 atom stereocenters. The highest BCUT2D eigenvalue weighted by molar-refractivity contribution is 6.32. The molecular formula is C17H18ClNO3. The maximum absolute atomic E-state index is 12.4. The highest BCUT2D eigenvalue weighted by Gasteiger charge is 2.24. The van der Waals surface area contributed by atoms with Crippen LogP contribution in [0.4, 0.5) is 0 Å². The van der Waals surface area contributed by atoms with Gasteiger partial charge in [-0.2, -0.15) is 0 Å². The zero-order valence-electron chi connectivity index (χ0n) is 12.4. The molecule has 3 rings (SSSR count). The SMILES string of the molecule is C[C@H]1CCCN(C(=O)c2ccc(Oc3ccccc3Cl)o2)C1.